The smallest absolute Gasteiger partial charge is 0.266 e. The van der Waals surface area contributed by atoms with Gasteiger partial charge in [-0.1, -0.05) is 17.4 Å². The molecule has 0 spiro atoms. The highest BCUT2D eigenvalue weighted by Gasteiger charge is 2.39. The lowest BCUT2D eigenvalue weighted by Crippen LogP contribution is -2.40. The fourth-order valence-corrected chi connectivity index (χ4v) is 6.56. The molecule has 1 amide bonds. The third-order valence-electron chi connectivity index (χ3n) is 5.60. The van der Waals surface area contributed by atoms with Gasteiger partial charge in [-0.2, -0.15) is 9.30 Å². The summed E-state index contributed by atoms with van der Waals surface area (Å²) in [5, 5.41) is 0. The van der Waals surface area contributed by atoms with E-state index in [2.05, 4.69) is 4.99 Å². The van der Waals surface area contributed by atoms with Gasteiger partial charge in [0.2, 0.25) is 10.0 Å². The predicted molar refractivity (Wildman–Crippen MR) is 114 cm³/mol. The van der Waals surface area contributed by atoms with Crippen molar-refractivity contribution in [3.8, 4) is 0 Å². The second kappa shape index (κ2) is 7.72. The van der Waals surface area contributed by atoms with E-state index in [0.717, 1.165) is 33.5 Å². The standard InChI is InChI=1S/C21H22FN3O3S2/c1-13-6-11-18-19(14(13)2)24(3)21(29-18)23-20(26)17-5-4-12-25(17)30(27,28)16-9-7-15(22)8-10-16/h6-11,17H,4-5,12H2,1-3H3. The summed E-state index contributed by atoms with van der Waals surface area (Å²) in [6.07, 6.45) is 0.985. The summed E-state index contributed by atoms with van der Waals surface area (Å²) in [5.74, 6) is -0.990. The summed E-state index contributed by atoms with van der Waals surface area (Å²) >= 11 is 1.41. The molecule has 1 atom stereocenters. The maximum absolute atomic E-state index is 13.2. The van der Waals surface area contributed by atoms with Gasteiger partial charge in [0, 0.05) is 13.6 Å². The van der Waals surface area contributed by atoms with Gasteiger partial charge >= 0.3 is 0 Å². The van der Waals surface area contributed by atoms with Crippen LogP contribution in [0, 0.1) is 19.7 Å². The molecule has 1 unspecified atom stereocenters. The topological polar surface area (TPSA) is 71.7 Å². The van der Waals surface area contributed by atoms with Crippen LogP contribution < -0.4 is 4.80 Å². The SMILES string of the molecule is Cc1ccc2sc(=NC(=O)C3CCCN3S(=O)(=O)c3ccc(F)cc3)n(C)c2c1C. The van der Waals surface area contributed by atoms with Gasteiger partial charge in [0.25, 0.3) is 5.91 Å². The lowest BCUT2D eigenvalue weighted by atomic mass is 10.1. The van der Waals surface area contributed by atoms with Gasteiger partial charge in [0.05, 0.1) is 15.1 Å². The molecule has 9 heteroatoms. The summed E-state index contributed by atoms with van der Waals surface area (Å²) in [5.41, 5.74) is 3.30. The summed E-state index contributed by atoms with van der Waals surface area (Å²) in [6, 6.07) is 7.84. The number of thiazole rings is 1. The normalized spacial score (nSPS) is 18.4. The van der Waals surface area contributed by atoms with Crippen molar-refractivity contribution in [3.05, 3.63) is 58.1 Å². The third-order valence-corrected chi connectivity index (χ3v) is 8.62. The predicted octanol–water partition coefficient (Wildman–Crippen LogP) is 3.28. The van der Waals surface area contributed by atoms with Crippen LogP contribution in [0.4, 0.5) is 4.39 Å². The van der Waals surface area contributed by atoms with Gasteiger partial charge in [-0.05, 0) is 68.1 Å². The van der Waals surface area contributed by atoms with Crippen molar-refractivity contribution < 1.29 is 17.6 Å². The van der Waals surface area contributed by atoms with Crippen molar-refractivity contribution in [3.63, 3.8) is 0 Å². The van der Waals surface area contributed by atoms with Crippen molar-refractivity contribution in [1.82, 2.24) is 8.87 Å². The number of aromatic nitrogens is 1. The highest BCUT2D eigenvalue weighted by atomic mass is 32.2. The van der Waals surface area contributed by atoms with Crippen LogP contribution in [0.15, 0.2) is 46.3 Å². The quantitative estimate of drug-likeness (QED) is 0.619. The molecule has 158 valence electrons. The molecule has 30 heavy (non-hydrogen) atoms. The summed E-state index contributed by atoms with van der Waals surface area (Å²) in [4.78, 5) is 17.8. The highest BCUT2D eigenvalue weighted by molar-refractivity contribution is 7.89. The molecule has 1 aromatic heterocycles. The Hall–Kier alpha value is -2.36. The zero-order valence-corrected chi connectivity index (χ0v) is 18.6. The molecule has 1 saturated heterocycles. The first-order valence-electron chi connectivity index (χ1n) is 9.62. The number of benzene rings is 2. The molecule has 6 nitrogen and oxygen atoms in total. The Morgan fingerprint density at radius 2 is 1.87 bits per heavy atom. The van der Waals surface area contributed by atoms with Crippen molar-refractivity contribution in [2.45, 2.75) is 37.6 Å². The number of carbonyl (C=O) groups is 1. The first-order chi connectivity index (χ1) is 14.2. The molecule has 3 aromatic rings. The van der Waals surface area contributed by atoms with E-state index < -0.39 is 27.8 Å². The van der Waals surface area contributed by atoms with E-state index in [1.165, 1.54) is 27.8 Å². The zero-order chi connectivity index (χ0) is 21.6. The highest BCUT2D eigenvalue weighted by Crippen LogP contribution is 2.27. The van der Waals surface area contributed by atoms with Crippen molar-refractivity contribution in [2.75, 3.05) is 6.54 Å². The molecule has 1 fully saturated rings. The Balaban J connectivity index is 1.71. The number of halogens is 1. The molecule has 2 heterocycles. The van der Waals surface area contributed by atoms with E-state index in [4.69, 9.17) is 0 Å². The molecule has 0 radical (unpaired) electrons. The molecule has 2 aromatic carbocycles. The lowest BCUT2D eigenvalue weighted by molar-refractivity contribution is -0.121. The summed E-state index contributed by atoms with van der Waals surface area (Å²) in [6.45, 7) is 4.30. The Bertz CT molecular complexity index is 1310. The van der Waals surface area contributed by atoms with Crippen LogP contribution in [-0.4, -0.2) is 35.8 Å². The van der Waals surface area contributed by atoms with E-state index in [0.29, 0.717) is 17.6 Å². The number of hydrogen-bond donors (Lipinski definition) is 0. The molecule has 0 saturated carbocycles. The number of carbonyl (C=O) groups excluding carboxylic acids is 1. The number of rotatable bonds is 3. The molecule has 4 rings (SSSR count). The average Bonchev–Trinajstić information content (AvgIpc) is 3.32. The van der Waals surface area contributed by atoms with E-state index in [1.54, 1.807) is 0 Å². The second-order valence-corrected chi connectivity index (χ2v) is 10.4. The summed E-state index contributed by atoms with van der Waals surface area (Å²) < 4.78 is 43.3. The third kappa shape index (κ3) is 3.51. The van der Waals surface area contributed by atoms with Crippen LogP contribution >= 0.6 is 11.3 Å². The molecule has 1 aliphatic heterocycles. The van der Waals surface area contributed by atoms with Crippen molar-refractivity contribution in [1.29, 1.82) is 0 Å². The number of amides is 1. The molecule has 0 bridgehead atoms. The Morgan fingerprint density at radius 3 is 2.57 bits per heavy atom. The van der Waals surface area contributed by atoms with Crippen LogP contribution in [-0.2, 0) is 21.9 Å². The number of sulfonamides is 1. The minimum absolute atomic E-state index is 0.0258. The fraction of sp³-hybridized carbons (Fsp3) is 0.333. The van der Waals surface area contributed by atoms with Crippen LogP contribution in [0.1, 0.15) is 24.0 Å². The molecule has 0 aliphatic carbocycles. The molecular weight excluding hydrogens is 425 g/mol. The molecule has 0 N–H and O–H groups in total. The van der Waals surface area contributed by atoms with Gasteiger partial charge in [-0.15, -0.1) is 0 Å². The lowest BCUT2D eigenvalue weighted by Gasteiger charge is -2.21. The number of aryl methyl sites for hydroxylation is 3. The minimum atomic E-state index is -3.91. The number of fused-ring (bicyclic) bond motifs is 1. The Kier molecular flexibility index (Phi) is 5.37. The monoisotopic (exact) mass is 447 g/mol. The van der Waals surface area contributed by atoms with Gasteiger partial charge in [0.15, 0.2) is 4.80 Å². The maximum atomic E-state index is 13.2. The number of hydrogen-bond acceptors (Lipinski definition) is 4. The average molecular weight is 448 g/mol. The molecule has 1 aliphatic rings. The largest absolute Gasteiger partial charge is 0.319 e. The zero-order valence-electron chi connectivity index (χ0n) is 16.9. The van der Waals surface area contributed by atoms with Crippen molar-refractivity contribution in [2.24, 2.45) is 12.0 Å². The first kappa shape index (κ1) is 20.9. The van der Waals surface area contributed by atoms with Gasteiger partial charge in [-0.25, -0.2) is 12.8 Å². The summed E-state index contributed by atoms with van der Waals surface area (Å²) in [7, 11) is -2.05. The van der Waals surface area contributed by atoms with Crippen LogP contribution in [0.5, 0.6) is 0 Å². The van der Waals surface area contributed by atoms with E-state index in [1.807, 2.05) is 37.6 Å². The van der Waals surface area contributed by atoms with Gasteiger partial charge in [0.1, 0.15) is 11.9 Å². The van der Waals surface area contributed by atoms with Gasteiger partial charge in [-0.3, -0.25) is 4.79 Å². The van der Waals surface area contributed by atoms with Crippen LogP contribution in [0.3, 0.4) is 0 Å². The minimum Gasteiger partial charge on any atom is -0.319 e. The molecular formula is C21H22FN3O3S2. The van der Waals surface area contributed by atoms with Gasteiger partial charge < -0.3 is 4.57 Å². The fourth-order valence-electron chi connectivity index (χ4n) is 3.82. The van der Waals surface area contributed by atoms with E-state index in [9.17, 15) is 17.6 Å². The van der Waals surface area contributed by atoms with E-state index in [-0.39, 0.29) is 11.4 Å². The maximum Gasteiger partial charge on any atom is 0.266 e. The number of nitrogens with zero attached hydrogens (tertiary/aromatic N) is 3. The Labute approximate surface area is 178 Å². The second-order valence-electron chi connectivity index (χ2n) is 7.48. The van der Waals surface area contributed by atoms with Crippen LogP contribution in [0.25, 0.3) is 10.2 Å². The van der Waals surface area contributed by atoms with Crippen molar-refractivity contribution >= 4 is 37.5 Å². The van der Waals surface area contributed by atoms with E-state index >= 15 is 0 Å². The Morgan fingerprint density at radius 1 is 1.17 bits per heavy atom. The first-order valence-corrected chi connectivity index (χ1v) is 11.9. The van der Waals surface area contributed by atoms with Crippen LogP contribution in [0.2, 0.25) is 0 Å².